The van der Waals surface area contributed by atoms with Crippen molar-refractivity contribution in [1.29, 1.82) is 0 Å². The van der Waals surface area contributed by atoms with Gasteiger partial charge in [-0.1, -0.05) is 13.3 Å². The van der Waals surface area contributed by atoms with E-state index in [-0.39, 0.29) is 5.69 Å². The van der Waals surface area contributed by atoms with E-state index in [4.69, 9.17) is 0 Å². The van der Waals surface area contributed by atoms with E-state index in [9.17, 15) is 27.2 Å². The molecule has 0 atom stereocenters. The summed E-state index contributed by atoms with van der Waals surface area (Å²) < 4.78 is 52.2. The van der Waals surface area contributed by atoms with Crippen molar-refractivity contribution in [2.75, 3.05) is 5.32 Å². The number of hydrogen-bond donors (Lipinski definition) is 1. The summed E-state index contributed by atoms with van der Waals surface area (Å²) in [4.78, 5) is 27.8. The van der Waals surface area contributed by atoms with Gasteiger partial charge in [-0.15, -0.1) is 0 Å². The molecular formula is C16H15F4N3O2. The van der Waals surface area contributed by atoms with Crippen molar-refractivity contribution in [3.05, 3.63) is 58.0 Å². The van der Waals surface area contributed by atoms with Gasteiger partial charge < -0.3 is 5.32 Å². The smallest absolute Gasteiger partial charge is 0.325 e. The minimum atomic E-state index is -4.87. The maximum atomic E-state index is 13.2. The van der Waals surface area contributed by atoms with E-state index in [0.717, 1.165) is 17.1 Å². The number of benzene rings is 1. The van der Waals surface area contributed by atoms with Crippen LogP contribution < -0.4 is 10.9 Å². The predicted molar refractivity (Wildman–Crippen MR) is 82.5 cm³/mol. The van der Waals surface area contributed by atoms with Crippen LogP contribution in [0.3, 0.4) is 0 Å². The van der Waals surface area contributed by atoms with Gasteiger partial charge >= 0.3 is 6.18 Å². The van der Waals surface area contributed by atoms with E-state index >= 15 is 0 Å². The second kappa shape index (κ2) is 7.45. The molecule has 5 nitrogen and oxygen atoms in total. The largest absolute Gasteiger partial charge is 0.419 e. The van der Waals surface area contributed by atoms with Crippen molar-refractivity contribution in [3.63, 3.8) is 0 Å². The molecule has 0 spiro atoms. The fourth-order valence-corrected chi connectivity index (χ4v) is 2.15. The first kappa shape index (κ1) is 18.6. The maximum absolute atomic E-state index is 13.2. The zero-order valence-corrected chi connectivity index (χ0v) is 13.2. The highest BCUT2D eigenvalue weighted by Crippen LogP contribution is 2.32. The highest BCUT2D eigenvalue weighted by molar-refractivity contribution is 5.90. The molecule has 0 radical (unpaired) electrons. The third-order valence-corrected chi connectivity index (χ3v) is 3.31. The average molecular weight is 357 g/mol. The van der Waals surface area contributed by atoms with Crippen LogP contribution in [0.4, 0.5) is 23.2 Å². The van der Waals surface area contributed by atoms with Crippen LogP contribution in [-0.2, 0) is 23.9 Å². The lowest BCUT2D eigenvalue weighted by Gasteiger charge is -2.11. The van der Waals surface area contributed by atoms with Crippen LogP contribution in [0.15, 0.2) is 35.4 Å². The Hall–Kier alpha value is -2.71. The van der Waals surface area contributed by atoms with Crippen LogP contribution in [0, 0.1) is 5.82 Å². The molecule has 1 N–H and O–H groups in total. The molecule has 0 fully saturated rings. The second-order valence-corrected chi connectivity index (χ2v) is 5.34. The third-order valence-electron chi connectivity index (χ3n) is 3.31. The van der Waals surface area contributed by atoms with Gasteiger partial charge in [-0.25, -0.2) is 9.37 Å². The number of alkyl halides is 3. The number of rotatable bonds is 5. The number of carbonyl (C=O) groups is 1. The zero-order valence-electron chi connectivity index (χ0n) is 13.2. The van der Waals surface area contributed by atoms with Gasteiger partial charge in [-0.2, -0.15) is 13.2 Å². The van der Waals surface area contributed by atoms with Gasteiger partial charge in [0.05, 0.1) is 11.9 Å². The summed E-state index contributed by atoms with van der Waals surface area (Å²) in [6, 6.07) is 3.43. The van der Waals surface area contributed by atoms with Crippen LogP contribution in [-0.4, -0.2) is 15.5 Å². The minimum Gasteiger partial charge on any atom is -0.325 e. The van der Waals surface area contributed by atoms with Gasteiger partial charge in [0.15, 0.2) is 0 Å². The molecule has 0 unspecified atom stereocenters. The van der Waals surface area contributed by atoms with E-state index in [0.29, 0.717) is 24.2 Å². The number of hydrogen-bond acceptors (Lipinski definition) is 3. The fourth-order valence-electron chi connectivity index (χ4n) is 2.15. The summed E-state index contributed by atoms with van der Waals surface area (Å²) in [5, 5.41) is 2.20. The molecule has 1 heterocycles. The Kier molecular flexibility index (Phi) is 5.55. The summed E-state index contributed by atoms with van der Waals surface area (Å²) in [5.41, 5.74) is -1.54. The molecular weight excluding hydrogens is 342 g/mol. The first-order valence-corrected chi connectivity index (χ1v) is 7.42. The Balaban J connectivity index is 2.12. The molecule has 0 aliphatic rings. The molecule has 134 valence electrons. The van der Waals surface area contributed by atoms with E-state index in [1.54, 1.807) is 0 Å². The summed E-state index contributed by atoms with van der Waals surface area (Å²) >= 11 is 0. The van der Waals surface area contributed by atoms with Crippen LogP contribution in [0.1, 0.15) is 24.6 Å². The molecule has 0 bridgehead atoms. The monoisotopic (exact) mass is 357 g/mol. The van der Waals surface area contributed by atoms with Gasteiger partial charge in [0.2, 0.25) is 5.91 Å². The predicted octanol–water partition coefficient (Wildman–Crippen LogP) is 2.99. The SMILES string of the molecule is CCCc1cc(=O)n(CC(=O)Nc2ccc(F)c(C(F)(F)F)c2)cn1. The molecule has 1 aromatic carbocycles. The van der Waals surface area contributed by atoms with E-state index in [1.165, 1.54) is 12.4 Å². The molecule has 0 aliphatic carbocycles. The summed E-state index contributed by atoms with van der Waals surface area (Å²) in [5.74, 6) is -2.16. The van der Waals surface area contributed by atoms with E-state index in [1.807, 2.05) is 6.92 Å². The molecule has 2 aromatic rings. The number of nitrogens with zero attached hydrogens (tertiary/aromatic N) is 2. The average Bonchev–Trinajstić information content (AvgIpc) is 2.51. The number of nitrogens with one attached hydrogen (secondary N) is 1. The molecule has 0 saturated carbocycles. The Morgan fingerprint density at radius 1 is 1.28 bits per heavy atom. The van der Waals surface area contributed by atoms with Crippen molar-refractivity contribution < 1.29 is 22.4 Å². The van der Waals surface area contributed by atoms with Crippen LogP contribution in [0.25, 0.3) is 0 Å². The summed E-state index contributed by atoms with van der Waals surface area (Å²) in [7, 11) is 0. The van der Waals surface area contributed by atoms with Gasteiger partial charge in [0, 0.05) is 17.4 Å². The van der Waals surface area contributed by atoms with Gasteiger partial charge in [0.25, 0.3) is 5.56 Å². The summed E-state index contributed by atoms with van der Waals surface area (Å²) in [6.45, 7) is 1.51. The highest BCUT2D eigenvalue weighted by atomic mass is 19.4. The normalized spacial score (nSPS) is 11.4. The molecule has 1 aromatic heterocycles. The Morgan fingerprint density at radius 3 is 2.60 bits per heavy atom. The molecule has 9 heteroatoms. The van der Waals surface area contributed by atoms with E-state index < -0.39 is 35.6 Å². The maximum Gasteiger partial charge on any atom is 0.419 e. The highest BCUT2D eigenvalue weighted by Gasteiger charge is 2.34. The number of halogens is 4. The lowest BCUT2D eigenvalue weighted by atomic mass is 10.2. The number of anilines is 1. The standard InChI is InChI=1S/C16H15F4N3O2/c1-2-3-10-7-15(25)23(9-21-10)8-14(24)22-11-4-5-13(17)12(6-11)16(18,19)20/h4-7,9H,2-3,8H2,1H3,(H,22,24). The van der Waals surface area contributed by atoms with Crippen molar-refractivity contribution >= 4 is 11.6 Å². The van der Waals surface area contributed by atoms with Crippen LogP contribution in [0.2, 0.25) is 0 Å². The van der Waals surface area contributed by atoms with Crippen molar-refractivity contribution in [2.24, 2.45) is 0 Å². The molecule has 2 rings (SSSR count). The second-order valence-electron chi connectivity index (χ2n) is 5.34. The van der Waals surface area contributed by atoms with E-state index in [2.05, 4.69) is 10.3 Å². The quantitative estimate of drug-likeness (QED) is 0.837. The molecule has 0 saturated heterocycles. The third kappa shape index (κ3) is 4.88. The first-order valence-electron chi connectivity index (χ1n) is 7.42. The minimum absolute atomic E-state index is 0.220. The molecule has 25 heavy (non-hydrogen) atoms. The topological polar surface area (TPSA) is 64.0 Å². The van der Waals surface area contributed by atoms with Crippen LogP contribution >= 0.6 is 0 Å². The first-order chi connectivity index (χ1) is 11.7. The number of aromatic nitrogens is 2. The number of amides is 1. The number of carbonyl (C=O) groups excluding carboxylic acids is 1. The van der Waals surface area contributed by atoms with Crippen molar-refractivity contribution in [1.82, 2.24) is 9.55 Å². The lowest BCUT2D eigenvalue weighted by Crippen LogP contribution is -2.28. The van der Waals surface area contributed by atoms with Crippen LogP contribution in [0.5, 0.6) is 0 Å². The fraction of sp³-hybridized carbons (Fsp3) is 0.312. The molecule has 0 aliphatic heterocycles. The Labute approximate surface area is 140 Å². The number of aryl methyl sites for hydroxylation is 1. The summed E-state index contributed by atoms with van der Waals surface area (Å²) in [6.07, 6.45) is -2.24. The zero-order chi connectivity index (χ0) is 18.6. The van der Waals surface area contributed by atoms with Gasteiger partial charge in [0.1, 0.15) is 12.4 Å². The van der Waals surface area contributed by atoms with Crippen molar-refractivity contribution in [3.8, 4) is 0 Å². The lowest BCUT2D eigenvalue weighted by molar-refractivity contribution is -0.140. The van der Waals surface area contributed by atoms with Crippen molar-refractivity contribution in [2.45, 2.75) is 32.5 Å². The Bertz CT molecular complexity index is 831. The van der Waals surface area contributed by atoms with Gasteiger partial charge in [-0.05, 0) is 24.6 Å². The van der Waals surface area contributed by atoms with Gasteiger partial charge in [-0.3, -0.25) is 14.2 Å². The Morgan fingerprint density at radius 2 is 2.00 bits per heavy atom. The molecule has 1 amide bonds.